The molecule has 0 aliphatic carbocycles. The topological polar surface area (TPSA) is 61.9 Å². The van der Waals surface area contributed by atoms with E-state index >= 15 is 0 Å². The van der Waals surface area contributed by atoms with Gasteiger partial charge in [-0.05, 0) is 49.9 Å². The van der Waals surface area contributed by atoms with Crippen LogP contribution in [0.3, 0.4) is 0 Å². The Kier molecular flexibility index (Phi) is 8.86. The third-order valence-electron chi connectivity index (χ3n) is 5.25. The molecule has 156 valence electrons. The van der Waals surface area contributed by atoms with Crippen molar-refractivity contribution in [3.05, 3.63) is 28.8 Å². The zero-order valence-electron chi connectivity index (χ0n) is 16.3. The van der Waals surface area contributed by atoms with Crippen LogP contribution in [0.5, 0.6) is 5.75 Å². The van der Waals surface area contributed by atoms with Crippen molar-refractivity contribution < 1.29 is 14.3 Å². The largest absolute Gasteiger partial charge is 0.494 e. The van der Waals surface area contributed by atoms with Gasteiger partial charge in [-0.25, -0.2) is 0 Å². The molecule has 1 aromatic rings. The van der Waals surface area contributed by atoms with Gasteiger partial charge in [0.2, 0.25) is 11.8 Å². The van der Waals surface area contributed by atoms with E-state index < -0.39 is 0 Å². The maximum Gasteiger partial charge on any atom is 0.236 e. The number of aryl methyl sites for hydroxylation is 1. The first-order chi connectivity index (χ1) is 13.0. The number of nitrogens with zero attached hydrogens (tertiary/aromatic N) is 2. The molecule has 2 saturated heterocycles. The number of likely N-dealkylation sites (tertiary alicyclic amines) is 1. The van der Waals surface area contributed by atoms with E-state index in [0.29, 0.717) is 32.5 Å². The molecular weight excluding hydrogens is 401 g/mol. The molecule has 2 aliphatic rings. The summed E-state index contributed by atoms with van der Waals surface area (Å²) in [5.41, 5.74) is 0.979. The van der Waals surface area contributed by atoms with Gasteiger partial charge in [0, 0.05) is 43.7 Å². The van der Waals surface area contributed by atoms with Crippen LogP contribution in [0.25, 0.3) is 0 Å². The number of carbonyl (C=O) groups is 2. The minimum atomic E-state index is 0. The number of benzene rings is 1. The molecule has 2 aliphatic heterocycles. The van der Waals surface area contributed by atoms with Gasteiger partial charge in [-0.3, -0.25) is 9.59 Å². The Morgan fingerprint density at radius 3 is 2.93 bits per heavy atom. The molecule has 0 saturated carbocycles. The molecule has 2 heterocycles. The number of piperazine rings is 1. The van der Waals surface area contributed by atoms with Gasteiger partial charge < -0.3 is 19.9 Å². The van der Waals surface area contributed by atoms with Gasteiger partial charge in [-0.2, -0.15) is 0 Å². The summed E-state index contributed by atoms with van der Waals surface area (Å²) in [6, 6.07) is 5.73. The number of rotatable bonds is 6. The molecular formula is C20H29Cl2N3O3. The molecule has 0 bridgehead atoms. The Bertz CT molecular complexity index is 687. The van der Waals surface area contributed by atoms with Gasteiger partial charge in [0.1, 0.15) is 5.75 Å². The Morgan fingerprint density at radius 2 is 2.18 bits per heavy atom. The van der Waals surface area contributed by atoms with Crippen LogP contribution in [0, 0.1) is 6.92 Å². The second kappa shape index (κ2) is 10.9. The first-order valence-corrected chi connectivity index (χ1v) is 10.1. The third kappa shape index (κ3) is 6.00. The Balaban J connectivity index is 0.00000280. The van der Waals surface area contributed by atoms with Crippen LogP contribution in [-0.2, 0) is 9.59 Å². The van der Waals surface area contributed by atoms with E-state index in [9.17, 15) is 9.59 Å². The van der Waals surface area contributed by atoms with E-state index in [-0.39, 0.29) is 30.3 Å². The van der Waals surface area contributed by atoms with Crippen LogP contribution >= 0.6 is 24.0 Å². The molecule has 0 spiro atoms. The number of piperidine rings is 1. The molecule has 1 unspecified atom stereocenters. The SMILES string of the molecule is Cc1cc(OCCCC(=O)N2CCCC(N3CCNCC3=O)C2)ccc1Cl.Cl. The fraction of sp³-hybridized carbons (Fsp3) is 0.600. The summed E-state index contributed by atoms with van der Waals surface area (Å²) in [4.78, 5) is 28.5. The van der Waals surface area contributed by atoms with Crippen molar-refractivity contribution in [3.63, 3.8) is 0 Å². The van der Waals surface area contributed by atoms with Crippen molar-refractivity contribution in [2.24, 2.45) is 0 Å². The summed E-state index contributed by atoms with van der Waals surface area (Å²) < 4.78 is 5.72. The van der Waals surface area contributed by atoms with E-state index in [2.05, 4.69) is 5.32 Å². The summed E-state index contributed by atoms with van der Waals surface area (Å²) in [7, 11) is 0. The average Bonchev–Trinajstić information content (AvgIpc) is 2.68. The second-order valence-electron chi connectivity index (χ2n) is 7.26. The molecule has 1 atom stereocenters. The van der Waals surface area contributed by atoms with Crippen molar-refractivity contribution in [2.45, 2.75) is 38.6 Å². The zero-order chi connectivity index (χ0) is 19.2. The Hall–Kier alpha value is -1.50. The molecule has 28 heavy (non-hydrogen) atoms. The van der Waals surface area contributed by atoms with Crippen LogP contribution in [-0.4, -0.2) is 67.0 Å². The van der Waals surface area contributed by atoms with E-state index in [1.165, 1.54) is 0 Å². The third-order valence-corrected chi connectivity index (χ3v) is 5.67. The number of ether oxygens (including phenoxy) is 1. The van der Waals surface area contributed by atoms with E-state index in [0.717, 1.165) is 48.8 Å². The van der Waals surface area contributed by atoms with Crippen molar-refractivity contribution in [1.82, 2.24) is 15.1 Å². The van der Waals surface area contributed by atoms with Crippen LogP contribution in [0.4, 0.5) is 0 Å². The van der Waals surface area contributed by atoms with E-state index in [1.54, 1.807) is 0 Å². The number of halogens is 2. The summed E-state index contributed by atoms with van der Waals surface area (Å²) in [6.07, 6.45) is 3.08. The summed E-state index contributed by atoms with van der Waals surface area (Å²) >= 11 is 6.01. The van der Waals surface area contributed by atoms with Crippen LogP contribution in [0.15, 0.2) is 18.2 Å². The summed E-state index contributed by atoms with van der Waals surface area (Å²) in [5, 5.41) is 3.82. The molecule has 0 aromatic heterocycles. The quantitative estimate of drug-likeness (QED) is 0.705. The molecule has 2 amide bonds. The molecule has 8 heteroatoms. The standard InChI is InChI=1S/C20H28ClN3O3.ClH/c1-15-12-17(6-7-18(15)21)27-11-3-5-19(25)23-9-2-4-16(14-23)24-10-8-22-13-20(24)26;/h6-7,12,16,22H,2-5,8-11,13-14H2,1H3;1H. The maximum atomic E-state index is 12.6. The average molecular weight is 430 g/mol. The highest BCUT2D eigenvalue weighted by Crippen LogP contribution is 2.21. The highest BCUT2D eigenvalue weighted by molar-refractivity contribution is 6.31. The lowest BCUT2D eigenvalue weighted by Gasteiger charge is -2.41. The van der Waals surface area contributed by atoms with Crippen LogP contribution < -0.4 is 10.1 Å². The lowest BCUT2D eigenvalue weighted by atomic mass is 10.0. The predicted octanol–water partition coefficient (Wildman–Crippen LogP) is 2.65. The van der Waals surface area contributed by atoms with Gasteiger partial charge in [0.05, 0.1) is 13.2 Å². The van der Waals surface area contributed by atoms with Gasteiger partial charge in [-0.15, -0.1) is 12.4 Å². The van der Waals surface area contributed by atoms with Crippen molar-refractivity contribution >= 4 is 35.8 Å². The van der Waals surface area contributed by atoms with Gasteiger partial charge in [0.25, 0.3) is 0 Å². The number of hydrogen-bond donors (Lipinski definition) is 1. The van der Waals surface area contributed by atoms with Crippen molar-refractivity contribution in [1.29, 1.82) is 0 Å². The molecule has 3 rings (SSSR count). The Morgan fingerprint density at radius 1 is 1.36 bits per heavy atom. The number of hydrogen-bond acceptors (Lipinski definition) is 4. The van der Waals surface area contributed by atoms with E-state index in [4.69, 9.17) is 16.3 Å². The number of amides is 2. The van der Waals surface area contributed by atoms with Gasteiger partial charge in [0.15, 0.2) is 0 Å². The van der Waals surface area contributed by atoms with Crippen LogP contribution in [0.1, 0.15) is 31.2 Å². The molecule has 2 fully saturated rings. The molecule has 1 aromatic carbocycles. The molecule has 1 N–H and O–H groups in total. The maximum absolute atomic E-state index is 12.6. The number of nitrogens with one attached hydrogen (secondary N) is 1. The fourth-order valence-electron chi connectivity index (χ4n) is 3.72. The normalized spacial score (nSPS) is 19.9. The fourth-order valence-corrected chi connectivity index (χ4v) is 3.84. The summed E-state index contributed by atoms with van der Waals surface area (Å²) in [5.74, 6) is 1.07. The molecule has 0 radical (unpaired) electrons. The van der Waals surface area contributed by atoms with E-state index in [1.807, 2.05) is 34.9 Å². The Labute approximate surface area is 177 Å². The predicted molar refractivity (Wildman–Crippen MR) is 112 cm³/mol. The lowest BCUT2D eigenvalue weighted by molar-refractivity contribution is -0.140. The minimum Gasteiger partial charge on any atom is -0.494 e. The molecule has 6 nitrogen and oxygen atoms in total. The van der Waals surface area contributed by atoms with Gasteiger partial charge in [-0.1, -0.05) is 11.6 Å². The monoisotopic (exact) mass is 429 g/mol. The van der Waals surface area contributed by atoms with Crippen molar-refractivity contribution in [3.8, 4) is 5.75 Å². The first-order valence-electron chi connectivity index (χ1n) is 9.71. The van der Waals surface area contributed by atoms with Gasteiger partial charge >= 0.3 is 0 Å². The second-order valence-corrected chi connectivity index (χ2v) is 7.67. The lowest BCUT2D eigenvalue weighted by Crippen LogP contribution is -2.57. The van der Waals surface area contributed by atoms with Crippen LogP contribution in [0.2, 0.25) is 5.02 Å². The highest BCUT2D eigenvalue weighted by atomic mass is 35.5. The number of carbonyl (C=O) groups excluding carboxylic acids is 2. The van der Waals surface area contributed by atoms with Crippen molar-refractivity contribution in [2.75, 3.05) is 39.3 Å². The smallest absolute Gasteiger partial charge is 0.236 e. The first kappa shape index (κ1) is 22.8. The minimum absolute atomic E-state index is 0. The highest BCUT2D eigenvalue weighted by Gasteiger charge is 2.31. The summed E-state index contributed by atoms with van der Waals surface area (Å²) in [6.45, 7) is 5.85. The zero-order valence-corrected chi connectivity index (χ0v) is 17.9.